The van der Waals surface area contributed by atoms with Gasteiger partial charge in [-0.05, 0) is 74.7 Å². The summed E-state index contributed by atoms with van der Waals surface area (Å²) < 4.78 is 36.9. The average molecular weight is 495 g/mol. The van der Waals surface area contributed by atoms with Gasteiger partial charge in [0.2, 0.25) is 10.0 Å². The Labute approximate surface area is 196 Å². The Morgan fingerprint density at radius 3 is 2.33 bits per heavy atom. The smallest absolute Gasteiger partial charge is 0.341 e. The van der Waals surface area contributed by atoms with E-state index in [4.69, 9.17) is 9.47 Å². The van der Waals surface area contributed by atoms with Crippen LogP contribution in [0.4, 0.5) is 5.00 Å². The predicted molar refractivity (Wildman–Crippen MR) is 123 cm³/mol. The van der Waals surface area contributed by atoms with Gasteiger partial charge in [0.25, 0.3) is 5.91 Å². The minimum atomic E-state index is -3.68. The molecule has 1 aliphatic rings. The standard InChI is InChI=1S/C22H26N2O7S2/c1-4-30-22(27)19-17(14-5-6-14)12-32-20(19)23-18(25)11-31-21(26)15-7-9-16(10-8-15)33(28,29)24-13(2)3/h7-10,12-14,24H,4-6,11H2,1-3H3,(H,23,25). The van der Waals surface area contributed by atoms with Crippen LogP contribution >= 0.6 is 11.3 Å². The number of benzene rings is 1. The highest BCUT2D eigenvalue weighted by atomic mass is 32.2. The normalized spacial score (nSPS) is 13.6. The summed E-state index contributed by atoms with van der Waals surface area (Å²) in [6, 6.07) is 4.94. The maximum atomic E-state index is 12.4. The number of carbonyl (C=O) groups is 3. The first kappa shape index (κ1) is 24.9. The highest BCUT2D eigenvalue weighted by molar-refractivity contribution is 7.89. The van der Waals surface area contributed by atoms with Gasteiger partial charge in [-0.2, -0.15) is 0 Å². The van der Waals surface area contributed by atoms with Crippen molar-refractivity contribution in [3.63, 3.8) is 0 Å². The van der Waals surface area contributed by atoms with Crippen LogP contribution in [0.25, 0.3) is 0 Å². The molecule has 1 amide bonds. The van der Waals surface area contributed by atoms with Crippen LogP contribution in [-0.2, 0) is 24.3 Å². The molecule has 1 aromatic heterocycles. The topological polar surface area (TPSA) is 128 Å². The van der Waals surface area contributed by atoms with Gasteiger partial charge in [-0.15, -0.1) is 11.3 Å². The first-order valence-electron chi connectivity index (χ1n) is 10.5. The van der Waals surface area contributed by atoms with Gasteiger partial charge < -0.3 is 14.8 Å². The van der Waals surface area contributed by atoms with Gasteiger partial charge in [-0.1, -0.05) is 0 Å². The van der Waals surface area contributed by atoms with E-state index in [0.717, 1.165) is 18.4 Å². The Morgan fingerprint density at radius 2 is 1.76 bits per heavy atom. The number of hydrogen-bond acceptors (Lipinski definition) is 8. The number of sulfonamides is 1. The number of amides is 1. The van der Waals surface area contributed by atoms with Crippen molar-refractivity contribution in [2.24, 2.45) is 0 Å². The lowest BCUT2D eigenvalue weighted by Gasteiger charge is -2.10. The van der Waals surface area contributed by atoms with E-state index in [-0.39, 0.29) is 23.1 Å². The number of esters is 2. The molecule has 1 aliphatic carbocycles. The van der Waals surface area contributed by atoms with Crippen LogP contribution in [0, 0.1) is 0 Å². The fraction of sp³-hybridized carbons (Fsp3) is 0.409. The first-order valence-corrected chi connectivity index (χ1v) is 12.9. The first-order chi connectivity index (χ1) is 15.6. The van der Waals surface area contributed by atoms with Crippen molar-refractivity contribution in [3.05, 3.63) is 46.3 Å². The molecule has 0 spiro atoms. The lowest BCUT2D eigenvalue weighted by atomic mass is 10.1. The molecule has 3 rings (SSSR count). The largest absolute Gasteiger partial charge is 0.462 e. The van der Waals surface area contributed by atoms with Gasteiger partial charge in [0, 0.05) is 6.04 Å². The molecule has 0 bridgehead atoms. The summed E-state index contributed by atoms with van der Waals surface area (Å²) in [7, 11) is -3.68. The fourth-order valence-corrected chi connectivity index (χ4v) is 5.40. The maximum absolute atomic E-state index is 12.4. The van der Waals surface area contributed by atoms with Crippen LogP contribution in [0.3, 0.4) is 0 Å². The predicted octanol–water partition coefficient (Wildman–Crippen LogP) is 3.28. The summed E-state index contributed by atoms with van der Waals surface area (Å²) in [6.45, 7) is 4.77. The maximum Gasteiger partial charge on any atom is 0.341 e. The van der Waals surface area contributed by atoms with E-state index in [2.05, 4.69) is 10.0 Å². The van der Waals surface area contributed by atoms with Gasteiger partial charge in [0.1, 0.15) is 5.00 Å². The zero-order valence-corrected chi connectivity index (χ0v) is 20.2. The molecule has 0 saturated heterocycles. The number of ether oxygens (including phenoxy) is 2. The van der Waals surface area contributed by atoms with Crippen molar-refractivity contribution >= 4 is 44.2 Å². The second-order valence-corrected chi connectivity index (χ2v) is 10.4. The third-order valence-electron chi connectivity index (χ3n) is 4.69. The SMILES string of the molecule is CCOC(=O)c1c(C2CC2)csc1NC(=O)COC(=O)c1ccc(S(=O)(=O)NC(C)C)cc1. The van der Waals surface area contributed by atoms with E-state index in [1.807, 2.05) is 5.38 Å². The Kier molecular flexibility index (Phi) is 7.88. The van der Waals surface area contributed by atoms with Crippen LogP contribution < -0.4 is 10.0 Å². The van der Waals surface area contributed by atoms with Gasteiger partial charge in [0.05, 0.1) is 22.6 Å². The Bertz CT molecular complexity index is 1130. The van der Waals surface area contributed by atoms with Gasteiger partial charge in [-0.3, -0.25) is 4.79 Å². The van der Waals surface area contributed by atoms with E-state index < -0.39 is 34.5 Å². The van der Waals surface area contributed by atoms with E-state index in [0.29, 0.717) is 16.5 Å². The molecular weight excluding hydrogens is 468 g/mol. The number of thiophene rings is 1. The molecule has 0 aliphatic heterocycles. The molecule has 0 atom stereocenters. The van der Waals surface area contributed by atoms with Crippen molar-refractivity contribution in [2.75, 3.05) is 18.5 Å². The van der Waals surface area contributed by atoms with Gasteiger partial charge in [0.15, 0.2) is 6.61 Å². The molecule has 1 heterocycles. The molecule has 11 heteroatoms. The van der Waals surface area contributed by atoms with Crippen LogP contribution in [0.2, 0.25) is 0 Å². The summed E-state index contributed by atoms with van der Waals surface area (Å²) in [5.74, 6) is -1.57. The third kappa shape index (κ3) is 6.40. The monoisotopic (exact) mass is 494 g/mol. The number of nitrogens with one attached hydrogen (secondary N) is 2. The number of rotatable bonds is 10. The molecular formula is C22H26N2O7S2. The quantitative estimate of drug-likeness (QED) is 0.485. The average Bonchev–Trinajstić information content (AvgIpc) is 3.51. The van der Waals surface area contributed by atoms with Gasteiger partial charge >= 0.3 is 11.9 Å². The molecule has 0 unspecified atom stereocenters. The highest BCUT2D eigenvalue weighted by Crippen LogP contribution is 2.46. The van der Waals surface area contributed by atoms with Crippen molar-refractivity contribution < 1.29 is 32.3 Å². The number of anilines is 1. The summed E-state index contributed by atoms with van der Waals surface area (Å²) in [5, 5.41) is 4.83. The zero-order chi connectivity index (χ0) is 24.2. The third-order valence-corrected chi connectivity index (χ3v) is 7.28. The van der Waals surface area contributed by atoms with Crippen molar-refractivity contribution in [3.8, 4) is 0 Å². The van der Waals surface area contributed by atoms with Crippen LogP contribution in [0.15, 0.2) is 34.5 Å². The Morgan fingerprint density at radius 1 is 1.09 bits per heavy atom. The second kappa shape index (κ2) is 10.4. The lowest BCUT2D eigenvalue weighted by Crippen LogP contribution is -2.30. The molecule has 1 fully saturated rings. The minimum Gasteiger partial charge on any atom is -0.462 e. The fourth-order valence-electron chi connectivity index (χ4n) is 3.10. The molecule has 9 nitrogen and oxygen atoms in total. The Hall–Kier alpha value is -2.76. The van der Waals surface area contributed by atoms with Crippen molar-refractivity contribution in [1.29, 1.82) is 0 Å². The molecule has 0 radical (unpaired) electrons. The summed E-state index contributed by atoms with van der Waals surface area (Å²) >= 11 is 1.23. The van der Waals surface area contributed by atoms with E-state index in [9.17, 15) is 22.8 Å². The summed E-state index contributed by atoms with van der Waals surface area (Å²) in [4.78, 5) is 37.0. The van der Waals surface area contributed by atoms with E-state index >= 15 is 0 Å². The van der Waals surface area contributed by atoms with Crippen LogP contribution in [-0.4, -0.2) is 45.5 Å². The van der Waals surface area contributed by atoms with E-state index in [1.165, 1.54) is 35.6 Å². The molecule has 33 heavy (non-hydrogen) atoms. The minimum absolute atomic E-state index is 0.0150. The number of hydrogen-bond donors (Lipinski definition) is 2. The number of carbonyl (C=O) groups excluding carboxylic acids is 3. The highest BCUT2D eigenvalue weighted by Gasteiger charge is 2.32. The second-order valence-electron chi connectivity index (χ2n) is 7.81. The lowest BCUT2D eigenvalue weighted by molar-refractivity contribution is -0.119. The summed E-state index contributed by atoms with van der Waals surface area (Å²) in [5.41, 5.74) is 1.33. The zero-order valence-electron chi connectivity index (χ0n) is 18.5. The molecule has 178 valence electrons. The molecule has 2 aromatic rings. The van der Waals surface area contributed by atoms with Crippen molar-refractivity contribution in [1.82, 2.24) is 4.72 Å². The van der Waals surface area contributed by atoms with Crippen molar-refractivity contribution in [2.45, 2.75) is 50.5 Å². The summed E-state index contributed by atoms with van der Waals surface area (Å²) in [6.07, 6.45) is 1.98. The Balaban J connectivity index is 1.60. The molecule has 1 aromatic carbocycles. The van der Waals surface area contributed by atoms with Crippen LogP contribution in [0.5, 0.6) is 0 Å². The molecule has 2 N–H and O–H groups in total. The van der Waals surface area contributed by atoms with Gasteiger partial charge in [-0.25, -0.2) is 22.7 Å². The molecule has 1 saturated carbocycles. The van der Waals surface area contributed by atoms with E-state index in [1.54, 1.807) is 20.8 Å². The van der Waals surface area contributed by atoms with Crippen LogP contribution in [0.1, 0.15) is 65.8 Å².